The van der Waals surface area contributed by atoms with Gasteiger partial charge < -0.3 is 13.9 Å². The topological polar surface area (TPSA) is 65.1 Å². The van der Waals surface area contributed by atoms with Crippen LogP contribution in [-0.4, -0.2) is 50.6 Å². The summed E-state index contributed by atoms with van der Waals surface area (Å²) in [7, 11) is -0.666. The average molecular weight is 406 g/mol. The SMILES string of the molecule is COC(=O)[C@H]1[C@H]2C[C@H]([C@@H]2O[Si](C)(C)C(C)(C)C)N1C(=O)OCc1ccccc1. The van der Waals surface area contributed by atoms with E-state index in [1.807, 2.05) is 30.3 Å². The van der Waals surface area contributed by atoms with E-state index < -0.39 is 26.4 Å². The number of hydrogen-bond acceptors (Lipinski definition) is 5. The van der Waals surface area contributed by atoms with Crippen LogP contribution in [0.1, 0.15) is 32.8 Å². The van der Waals surface area contributed by atoms with E-state index in [0.29, 0.717) is 0 Å². The van der Waals surface area contributed by atoms with Crippen LogP contribution in [0.3, 0.4) is 0 Å². The van der Waals surface area contributed by atoms with Crippen LogP contribution in [0, 0.1) is 5.92 Å². The van der Waals surface area contributed by atoms with E-state index in [1.54, 1.807) is 4.90 Å². The minimum atomic E-state index is -2.02. The number of carbonyl (C=O) groups excluding carboxylic acids is 2. The molecule has 0 spiro atoms. The van der Waals surface area contributed by atoms with Gasteiger partial charge in [-0.15, -0.1) is 0 Å². The molecule has 1 aromatic rings. The first-order chi connectivity index (χ1) is 13.1. The number of esters is 1. The summed E-state index contributed by atoms with van der Waals surface area (Å²) >= 11 is 0. The molecule has 6 nitrogen and oxygen atoms in total. The zero-order valence-electron chi connectivity index (χ0n) is 17.6. The fraction of sp³-hybridized carbons (Fsp3) is 0.619. The van der Waals surface area contributed by atoms with Gasteiger partial charge in [0.1, 0.15) is 12.6 Å². The molecule has 0 unspecified atom stereocenters. The van der Waals surface area contributed by atoms with E-state index >= 15 is 0 Å². The van der Waals surface area contributed by atoms with E-state index in [2.05, 4.69) is 33.9 Å². The van der Waals surface area contributed by atoms with E-state index in [9.17, 15) is 9.59 Å². The molecule has 0 radical (unpaired) electrons. The molecule has 1 saturated carbocycles. The molecule has 4 atom stereocenters. The number of fused-ring (bicyclic) bond motifs is 1. The van der Waals surface area contributed by atoms with Crippen molar-refractivity contribution in [3.05, 3.63) is 35.9 Å². The highest BCUT2D eigenvalue weighted by molar-refractivity contribution is 6.74. The first kappa shape index (κ1) is 20.9. The maximum atomic E-state index is 12.8. The number of amides is 1. The van der Waals surface area contributed by atoms with E-state index in [4.69, 9.17) is 13.9 Å². The second-order valence-electron chi connectivity index (χ2n) is 9.23. The minimum absolute atomic E-state index is 0.0316. The highest BCUT2D eigenvalue weighted by Crippen LogP contribution is 2.51. The Balaban J connectivity index is 1.74. The fourth-order valence-electron chi connectivity index (χ4n) is 3.76. The monoisotopic (exact) mass is 405 g/mol. The lowest BCUT2D eigenvalue weighted by molar-refractivity contribution is -0.146. The van der Waals surface area contributed by atoms with Gasteiger partial charge in [-0.25, -0.2) is 9.59 Å². The molecule has 2 aliphatic heterocycles. The number of nitrogens with zero attached hydrogens (tertiary/aromatic N) is 1. The minimum Gasteiger partial charge on any atom is -0.467 e. The van der Waals surface area contributed by atoms with Crippen molar-refractivity contribution in [1.29, 1.82) is 0 Å². The Morgan fingerprint density at radius 3 is 2.39 bits per heavy atom. The molecule has 7 heteroatoms. The molecule has 3 fully saturated rings. The molecular weight excluding hydrogens is 374 g/mol. The van der Waals surface area contributed by atoms with Crippen molar-refractivity contribution in [2.24, 2.45) is 5.92 Å². The van der Waals surface area contributed by atoms with Crippen molar-refractivity contribution in [1.82, 2.24) is 4.90 Å². The summed E-state index contributed by atoms with van der Waals surface area (Å²) in [5.41, 5.74) is 0.908. The molecule has 28 heavy (non-hydrogen) atoms. The summed E-state index contributed by atoms with van der Waals surface area (Å²) in [5.74, 6) is -0.429. The van der Waals surface area contributed by atoms with Crippen LogP contribution in [-0.2, 0) is 25.3 Å². The summed E-state index contributed by atoms with van der Waals surface area (Å²) in [5, 5.41) is 0.0570. The van der Waals surface area contributed by atoms with E-state index in [1.165, 1.54) is 7.11 Å². The summed E-state index contributed by atoms with van der Waals surface area (Å²) in [6, 6.07) is 8.75. The Morgan fingerprint density at radius 2 is 1.82 bits per heavy atom. The van der Waals surface area contributed by atoms with Crippen molar-refractivity contribution in [2.45, 2.75) is 70.1 Å². The zero-order chi connectivity index (χ0) is 20.7. The van der Waals surface area contributed by atoms with Crippen LogP contribution in [0.25, 0.3) is 0 Å². The predicted molar refractivity (Wildman–Crippen MR) is 108 cm³/mol. The van der Waals surface area contributed by atoms with Gasteiger partial charge in [-0.3, -0.25) is 4.90 Å². The fourth-order valence-corrected chi connectivity index (χ4v) is 5.13. The zero-order valence-corrected chi connectivity index (χ0v) is 18.6. The first-order valence-electron chi connectivity index (χ1n) is 9.81. The highest BCUT2D eigenvalue weighted by Gasteiger charge is 2.65. The molecule has 0 aromatic heterocycles. The predicted octanol–water partition coefficient (Wildman–Crippen LogP) is 3.96. The lowest BCUT2D eigenvalue weighted by Gasteiger charge is -2.45. The molecule has 2 saturated heterocycles. The smallest absolute Gasteiger partial charge is 0.411 e. The number of carbonyl (C=O) groups is 2. The van der Waals surface area contributed by atoms with Crippen molar-refractivity contribution < 1.29 is 23.5 Å². The van der Waals surface area contributed by atoms with Crippen LogP contribution in [0.4, 0.5) is 4.79 Å². The highest BCUT2D eigenvalue weighted by atomic mass is 28.4. The van der Waals surface area contributed by atoms with Gasteiger partial charge in [-0.2, -0.15) is 0 Å². The van der Waals surface area contributed by atoms with Gasteiger partial charge in [-0.1, -0.05) is 51.1 Å². The normalized spacial score (nSPS) is 26.6. The number of benzene rings is 1. The van der Waals surface area contributed by atoms with Gasteiger partial charge >= 0.3 is 12.1 Å². The average Bonchev–Trinajstić information content (AvgIpc) is 3.18. The van der Waals surface area contributed by atoms with Gasteiger partial charge in [-0.05, 0) is 30.1 Å². The van der Waals surface area contributed by atoms with Crippen molar-refractivity contribution >= 4 is 20.4 Å². The lowest BCUT2D eigenvalue weighted by atomic mass is 9.79. The molecule has 2 heterocycles. The summed E-state index contributed by atoms with van der Waals surface area (Å²) in [6.45, 7) is 11.1. The maximum absolute atomic E-state index is 12.8. The molecular formula is C21H31NO5Si. The van der Waals surface area contributed by atoms with Crippen molar-refractivity contribution in [3.63, 3.8) is 0 Å². The quantitative estimate of drug-likeness (QED) is 0.548. The standard InChI is InChI=1S/C21H31NO5Si/c1-21(2,3)28(5,6)27-18-15-12-16(18)22(17(15)19(23)25-4)20(24)26-13-14-10-8-7-9-11-14/h7-11,15-18H,12-13H2,1-6H3/t15-,16-,17-,18-/m1/s1. The molecule has 4 rings (SSSR count). The number of methoxy groups -OCH3 is 1. The lowest BCUT2D eigenvalue weighted by Crippen LogP contribution is -2.54. The number of ether oxygens (including phenoxy) is 2. The third kappa shape index (κ3) is 3.69. The van der Waals surface area contributed by atoms with Gasteiger partial charge in [0.2, 0.25) is 0 Å². The van der Waals surface area contributed by atoms with E-state index in [-0.39, 0.29) is 29.7 Å². The van der Waals surface area contributed by atoms with Crippen molar-refractivity contribution in [2.75, 3.05) is 7.11 Å². The molecule has 3 aliphatic rings. The Morgan fingerprint density at radius 1 is 1.18 bits per heavy atom. The third-order valence-electron chi connectivity index (χ3n) is 6.47. The Labute approximate surface area is 168 Å². The van der Waals surface area contributed by atoms with Crippen LogP contribution in [0.5, 0.6) is 0 Å². The van der Waals surface area contributed by atoms with Crippen LogP contribution in [0.2, 0.25) is 18.1 Å². The number of hydrogen-bond donors (Lipinski definition) is 0. The Kier molecular flexibility index (Phi) is 5.60. The molecule has 2 bridgehead atoms. The van der Waals surface area contributed by atoms with Gasteiger partial charge in [0.25, 0.3) is 0 Å². The van der Waals surface area contributed by atoms with Gasteiger partial charge in [0.05, 0.1) is 19.3 Å². The van der Waals surface area contributed by atoms with Crippen LogP contribution >= 0.6 is 0 Å². The molecule has 1 aliphatic carbocycles. The molecule has 0 N–H and O–H groups in total. The van der Waals surface area contributed by atoms with Crippen molar-refractivity contribution in [3.8, 4) is 0 Å². The molecule has 1 amide bonds. The van der Waals surface area contributed by atoms with E-state index in [0.717, 1.165) is 12.0 Å². The summed E-state index contributed by atoms with van der Waals surface area (Å²) in [4.78, 5) is 26.8. The second-order valence-corrected chi connectivity index (χ2v) is 14.0. The first-order valence-corrected chi connectivity index (χ1v) is 12.7. The van der Waals surface area contributed by atoms with Gasteiger partial charge in [0.15, 0.2) is 8.32 Å². The summed E-state index contributed by atoms with van der Waals surface area (Å²) < 4.78 is 17.1. The molecule has 1 aromatic carbocycles. The van der Waals surface area contributed by atoms with Crippen LogP contribution in [0.15, 0.2) is 30.3 Å². The van der Waals surface area contributed by atoms with Crippen LogP contribution < -0.4 is 0 Å². The molecule has 154 valence electrons. The Bertz CT molecular complexity index is 730. The Hall–Kier alpha value is -1.86. The number of rotatable bonds is 5. The largest absolute Gasteiger partial charge is 0.467 e. The maximum Gasteiger partial charge on any atom is 0.411 e. The third-order valence-corrected chi connectivity index (χ3v) is 10.9. The van der Waals surface area contributed by atoms with Gasteiger partial charge in [0, 0.05) is 5.92 Å². The second kappa shape index (κ2) is 7.52. The summed E-state index contributed by atoms with van der Waals surface area (Å²) in [6.07, 6.45) is 0.141.